The molecule has 0 saturated heterocycles. The van der Waals surface area contributed by atoms with E-state index in [0.717, 1.165) is 47.9 Å². The topological polar surface area (TPSA) is 42.0 Å². The van der Waals surface area contributed by atoms with Gasteiger partial charge in [-0.05, 0) is 61.3 Å². The standard InChI is InChI=1S/C23H25F3N2OS/c24-19-7-5-18(6-8-19)23(25,26)9-11-30-22-20(2-1-10-27-22)21(29)28-14-17-13-15-3-4-16(17)12-15/h1-2,5-8,10,15-17H,3-4,9,11-14H2,(H,28,29). The highest BCUT2D eigenvalue weighted by molar-refractivity contribution is 7.99. The summed E-state index contributed by atoms with van der Waals surface area (Å²) in [4.78, 5) is 16.9. The molecule has 2 saturated carbocycles. The Labute approximate surface area is 178 Å². The van der Waals surface area contributed by atoms with Crippen molar-refractivity contribution in [1.29, 1.82) is 0 Å². The molecular weight excluding hydrogens is 409 g/mol. The minimum absolute atomic E-state index is 0.0913. The van der Waals surface area contributed by atoms with E-state index in [-0.39, 0.29) is 17.2 Å². The number of fused-ring (bicyclic) bond motifs is 2. The highest BCUT2D eigenvalue weighted by Crippen LogP contribution is 2.48. The van der Waals surface area contributed by atoms with Crippen LogP contribution in [0.15, 0.2) is 47.6 Å². The van der Waals surface area contributed by atoms with Gasteiger partial charge in [0.2, 0.25) is 0 Å². The number of carbonyl (C=O) groups excluding carboxylic acids is 1. The van der Waals surface area contributed by atoms with E-state index in [9.17, 15) is 18.0 Å². The van der Waals surface area contributed by atoms with Crippen molar-refractivity contribution in [3.63, 3.8) is 0 Å². The number of pyridine rings is 1. The van der Waals surface area contributed by atoms with Gasteiger partial charge in [-0.1, -0.05) is 18.6 Å². The molecule has 0 aliphatic heterocycles. The second kappa shape index (κ2) is 9.00. The van der Waals surface area contributed by atoms with Gasteiger partial charge >= 0.3 is 0 Å². The van der Waals surface area contributed by atoms with Gasteiger partial charge in [0.05, 0.1) is 5.56 Å². The Morgan fingerprint density at radius 1 is 1.17 bits per heavy atom. The summed E-state index contributed by atoms with van der Waals surface area (Å²) < 4.78 is 41.7. The molecule has 1 N–H and O–H groups in total. The van der Waals surface area contributed by atoms with Crippen molar-refractivity contribution in [2.45, 2.75) is 43.1 Å². The molecule has 4 rings (SSSR count). The van der Waals surface area contributed by atoms with Gasteiger partial charge in [0.25, 0.3) is 11.8 Å². The Morgan fingerprint density at radius 2 is 1.97 bits per heavy atom. The number of carbonyl (C=O) groups is 1. The maximum Gasteiger partial charge on any atom is 0.274 e. The van der Waals surface area contributed by atoms with Crippen molar-refractivity contribution in [3.05, 3.63) is 59.5 Å². The highest BCUT2D eigenvalue weighted by atomic mass is 32.2. The molecular formula is C23H25F3N2OS. The first kappa shape index (κ1) is 21.2. The fourth-order valence-electron chi connectivity index (χ4n) is 4.74. The summed E-state index contributed by atoms with van der Waals surface area (Å²) >= 11 is 1.14. The maximum atomic E-state index is 14.4. The fourth-order valence-corrected chi connectivity index (χ4v) is 5.74. The smallest absolute Gasteiger partial charge is 0.274 e. The molecule has 2 bridgehead atoms. The van der Waals surface area contributed by atoms with Crippen LogP contribution in [0.5, 0.6) is 0 Å². The number of thioether (sulfide) groups is 1. The van der Waals surface area contributed by atoms with Crippen molar-refractivity contribution >= 4 is 17.7 Å². The third-order valence-electron chi connectivity index (χ3n) is 6.35. The summed E-state index contributed by atoms with van der Waals surface area (Å²) in [5.74, 6) is -1.61. The number of nitrogens with zero attached hydrogens (tertiary/aromatic N) is 1. The highest BCUT2D eigenvalue weighted by Gasteiger charge is 2.39. The van der Waals surface area contributed by atoms with Gasteiger partial charge in [0.1, 0.15) is 10.8 Å². The minimum Gasteiger partial charge on any atom is -0.352 e. The summed E-state index contributed by atoms with van der Waals surface area (Å²) in [6.07, 6.45) is 6.20. The molecule has 3 atom stereocenters. The molecule has 2 aromatic rings. The number of hydrogen-bond donors (Lipinski definition) is 1. The van der Waals surface area contributed by atoms with Crippen LogP contribution in [0, 0.1) is 23.6 Å². The molecule has 7 heteroatoms. The predicted molar refractivity (Wildman–Crippen MR) is 111 cm³/mol. The Hall–Kier alpha value is -2.02. The summed E-state index contributed by atoms with van der Waals surface area (Å²) in [6, 6.07) is 7.65. The Balaban J connectivity index is 1.32. The molecule has 1 amide bonds. The fraction of sp³-hybridized carbons (Fsp3) is 0.478. The van der Waals surface area contributed by atoms with Crippen molar-refractivity contribution in [1.82, 2.24) is 10.3 Å². The molecule has 2 aliphatic rings. The van der Waals surface area contributed by atoms with Gasteiger partial charge in [0.15, 0.2) is 0 Å². The predicted octanol–water partition coefficient (Wildman–Crippen LogP) is 5.66. The van der Waals surface area contributed by atoms with E-state index < -0.39 is 18.2 Å². The first-order valence-corrected chi connectivity index (χ1v) is 11.4. The number of nitrogens with one attached hydrogen (secondary N) is 1. The number of amides is 1. The van der Waals surface area contributed by atoms with Crippen LogP contribution in [-0.4, -0.2) is 23.2 Å². The van der Waals surface area contributed by atoms with Crippen LogP contribution < -0.4 is 5.32 Å². The van der Waals surface area contributed by atoms with Crippen LogP contribution in [0.3, 0.4) is 0 Å². The van der Waals surface area contributed by atoms with Crippen LogP contribution in [0.2, 0.25) is 0 Å². The first-order chi connectivity index (χ1) is 14.4. The maximum absolute atomic E-state index is 14.4. The van der Waals surface area contributed by atoms with Gasteiger partial charge in [-0.15, -0.1) is 11.8 Å². The second-order valence-corrected chi connectivity index (χ2v) is 9.39. The molecule has 160 valence electrons. The van der Waals surface area contributed by atoms with Crippen molar-refractivity contribution < 1.29 is 18.0 Å². The lowest BCUT2D eigenvalue weighted by Crippen LogP contribution is -2.32. The average molecular weight is 435 g/mol. The van der Waals surface area contributed by atoms with E-state index in [4.69, 9.17) is 0 Å². The Bertz CT molecular complexity index is 890. The molecule has 2 fully saturated rings. The summed E-state index contributed by atoms with van der Waals surface area (Å²) in [6.45, 7) is 0.668. The zero-order valence-electron chi connectivity index (χ0n) is 16.6. The lowest BCUT2D eigenvalue weighted by atomic mass is 9.89. The molecule has 2 aliphatic carbocycles. The van der Waals surface area contributed by atoms with Gasteiger partial charge in [-0.2, -0.15) is 0 Å². The monoisotopic (exact) mass is 434 g/mol. The Morgan fingerprint density at radius 3 is 2.67 bits per heavy atom. The lowest BCUT2D eigenvalue weighted by Gasteiger charge is -2.22. The molecule has 1 heterocycles. The number of alkyl halides is 2. The van der Waals surface area contributed by atoms with Crippen LogP contribution in [0.25, 0.3) is 0 Å². The Kier molecular flexibility index (Phi) is 6.37. The van der Waals surface area contributed by atoms with Gasteiger partial charge in [-0.25, -0.2) is 18.2 Å². The number of aromatic nitrogens is 1. The zero-order chi connectivity index (χ0) is 21.1. The van der Waals surface area contributed by atoms with Crippen molar-refractivity contribution in [3.8, 4) is 0 Å². The number of benzene rings is 1. The molecule has 3 nitrogen and oxygen atoms in total. The SMILES string of the molecule is O=C(NCC1CC2CCC1C2)c1cccnc1SCCC(F)(F)c1ccc(F)cc1. The summed E-state index contributed by atoms with van der Waals surface area (Å²) in [5.41, 5.74) is 0.213. The van der Waals surface area contributed by atoms with Crippen LogP contribution in [-0.2, 0) is 5.92 Å². The molecule has 1 aromatic heterocycles. The van der Waals surface area contributed by atoms with E-state index in [1.165, 1.54) is 25.7 Å². The molecule has 1 aromatic carbocycles. The van der Waals surface area contributed by atoms with Crippen molar-refractivity contribution in [2.75, 3.05) is 12.3 Å². The number of halogens is 3. The second-order valence-electron chi connectivity index (χ2n) is 8.31. The zero-order valence-corrected chi connectivity index (χ0v) is 17.4. The third kappa shape index (κ3) is 4.82. The van der Waals surface area contributed by atoms with E-state index in [2.05, 4.69) is 10.3 Å². The van der Waals surface area contributed by atoms with Gasteiger partial charge in [0, 0.05) is 30.5 Å². The summed E-state index contributed by atoms with van der Waals surface area (Å²) in [5, 5.41) is 3.48. The normalized spacial score (nSPS) is 23.0. The molecule has 30 heavy (non-hydrogen) atoms. The summed E-state index contributed by atoms with van der Waals surface area (Å²) in [7, 11) is 0. The van der Waals surface area contributed by atoms with Crippen LogP contribution >= 0.6 is 11.8 Å². The lowest BCUT2D eigenvalue weighted by molar-refractivity contribution is -0.00707. The van der Waals surface area contributed by atoms with E-state index in [1.807, 2.05) is 0 Å². The quantitative estimate of drug-likeness (QED) is 0.545. The molecule has 0 spiro atoms. The number of hydrogen-bond acceptors (Lipinski definition) is 3. The molecule has 3 unspecified atom stereocenters. The van der Waals surface area contributed by atoms with Crippen molar-refractivity contribution in [2.24, 2.45) is 17.8 Å². The first-order valence-electron chi connectivity index (χ1n) is 10.4. The average Bonchev–Trinajstić information content (AvgIpc) is 3.36. The van der Waals surface area contributed by atoms with Gasteiger partial charge < -0.3 is 5.32 Å². The van der Waals surface area contributed by atoms with Gasteiger partial charge in [-0.3, -0.25) is 4.79 Å². The van der Waals surface area contributed by atoms with E-state index >= 15 is 0 Å². The van der Waals surface area contributed by atoms with Crippen LogP contribution in [0.4, 0.5) is 13.2 Å². The number of rotatable bonds is 8. The van der Waals surface area contributed by atoms with E-state index in [1.54, 1.807) is 18.3 Å². The minimum atomic E-state index is -3.07. The van der Waals surface area contributed by atoms with Crippen LogP contribution in [0.1, 0.15) is 48.0 Å². The molecule has 0 radical (unpaired) electrons. The van der Waals surface area contributed by atoms with E-state index in [0.29, 0.717) is 23.1 Å². The largest absolute Gasteiger partial charge is 0.352 e. The third-order valence-corrected chi connectivity index (χ3v) is 7.35.